The fourth-order valence-electron chi connectivity index (χ4n) is 3.29. The number of carbonyl (C=O) groups excluding carboxylic acids is 2. The number of pyridine rings is 1. The summed E-state index contributed by atoms with van der Waals surface area (Å²) in [6.07, 6.45) is 2.63. The maximum Gasteiger partial charge on any atom is 0.225 e. The van der Waals surface area contributed by atoms with Crippen molar-refractivity contribution < 1.29 is 19.1 Å². The molecule has 1 aromatic carbocycles. The molecule has 1 unspecified atom stereocenters. The lowest BCUT2D eigenvalue weighted by Crippen LogP contribution is -2.33. The molecule has 1 fully saturated rings. The number of ether oxygens (including phenoxy) is 2. The second-order valence-electron chi connectivity index (χ2n) is 6.72. The lowest BCUT2D eigenvalue weighted by atomic mass is 10.1. The predicted molar refractivity (Wildman–Crippen MR) is 104 cm³/mol. The molecule has 7 nitrogen and oxygen atoms in total. The van der Waals surface area contributed by atoms with E-state index in [1.807, 2.05) is 36.4 Å². The number of rotatable bonds is 8. The van der Waals surface area contributed by atoms with Crippen molar-refractivity contribution in [3.05, 3.63) is 53.9 Å². The van der Waals surface area contributed by atoms with Gasteiger partial charge in [-0.1, -0.05) is 12.1 Å². The SMILES string of the molecule is COc1ccc(CCN2CC(C(=O)NCc3ccccn3)CC2=O)cc1OC. The lowest BCUT2D eigenvalue weighted by molar-refractivity contribution is -0.129. The van der Waals surface area contributed by atoms with Crippen LogP contribution in [-0.2, 0) is 22.6 Å². The van der Waals surface area contributed by atoms with E-state index in [1.54, 1.807) is 25.3 Å². The first kappa shape index (κ1) is 19.7. The molecule has 0 spiro atoms. The van der Waals surface area contributed by atoms with E-state index in [4.69, 9.17) is 9.47 Å². The number of hydrogen-bond acceptors (Lipinski definition) is 5. The van der Waals surface area contributed by atoms with Crippen LogP contribution < -0.4 is 14.8 Å². The van der Waals surface area contributed by atoms with Gasteiger partial charge in [-0.05, 0) is 36.2 Å². The van der Waals surface area contributed by atoms with Gasteiger partial charge < -0.3 is 19.7 Å². The number of nitrogens with zero attached hydrogens (tertiary/aromatic N) is 2. The summed E-state index contributed by atoms with van der Waals surface area (Å²) in [5.41, 5.74) is 1.85. The summed E-state index contributed by atoms with van der Waals surface area (Å²) in [6, 6.07) is 11.3. The van der Waals surface area contributed by atoms with Gasteiger partial charge in [-0.25, -0.2) is 0 Å². The van der Waals surface area contributed by atoms with Crippen LogP contribution in [0.1, 0.15) is 17.7 Å². The molecule has 148 valence electrons. The molecule has 2 aromatic rings. The van der Waals surface area contributed by atoms with Crippen molar-refractivity contribution in [1.82, 2.24) is 15.2 Å². The van der Waals surface area contributed by atoms with Gasteiger partial charge in [0.25, 0.3) is 0 Å². The van der Waals surface area contributed by atoms with Crippen molar-refractivity contribution in [2.75, 3.05) is 27.3 Å². The largest absolute Gasteiger partial charge is 0.493 e. The molecule has 1 aliphatic rings. The number of carbonyl (C=O) groups is 2. The zero-order chi connectivity index (χ0) is 19.9. The van der Waals surface area contributed by atoms with Gasteiger partial charge in [0.05, 0.1) is 32.4 Å². The van der Waals surface area contributed by atoms with Crippen molar-refractivity contribution in [3.63, 3.8) is 0 Å². The molecule has 28 heavy (non-hydrogen) atoms. The van der Waals surface area contributed by atoms with Crippen LogP contribution in [0.25, 0.3) is 0 Å². The Kier molecular flexibility index (Phi) is 6.47. The fraction of sp³-hybridized carbons (Fsp3) is 0.381. The molecule has 1 atom stereocenters. The summed E-state index contributed by atoms with van der Waals surface area (Å²) >= 11 is 0. The zero-order valence-corrected chi connectivity index (χ0v) is 16.2. The minimum Gasteiger partial charge on any atom is -0.493 e. The molecule has 1 saturated heterocycles. The van der Waals surface area contributed by atoms with Gasteiger partial charge in [0.15, 0.2) is 11.5 Å². The molecule has 1 N–H and O–H groups in total. The molecule has 2 amide bonds. The molecule has 1 aliphatic heterocycles. The molecular weight excluding hydrogens is 358 g/mol. The van der Waals surface area contributed by atoms with Crippen LogP contribution in [0.5, 0.6) is 11.5 Å². The van der Waals surface area contributed by atoms with Gasteiger partial charge in [-0.2, -0.15) is 0 Å². The fourth-order valence-corrected chi connectivity index (χ4v) is 3.29. The molecule has 0 bridgehead atoms. The van der Waals surface area contributed by atoms with E-state index in [1.165, 1.54) is 0 Å². The average Bonchev–Trinajstić information content (AvgIpc) is 3.11. The summed E-state index contributed by atoms with van der Waals surface area (Å²) in [5, 5.41) is 2.87. The van der Waals surface area contributed by atoms with Gasteiger partial charge in [0.1, 0.15) is 0 Å². The highest BCUT2D eigenvalue weighted by atomic mass is 16.5. The van der Waals surface area contributed by atoms with E-state index >= 15 is 0 Å². The third-order valence-corrected chi connectivity index (χ3v) is 4.87. The monoisotopic (exact) mass is 383 g/mol. The lowest BCUT2D eigenvalue weighted by Gasteiger charge is -2.17. The Morgan fingerprint density at radius 2 is 2.04 bits per heavy atom. The molecule has 7 heteroatoms. The summed E-state index contributed by atoms with van der Waals surface area (Å²) in [6.45, 7) is 1.38. The van der Waals surface area contributed by atoms with E-state index in [2.05, 4.69) is 10.3 Å². The Hall–Kier alpha value is -3.09. The maximum absolute atomic E-state index is 12.4. The van der Waals surface area contributed by atoms with Crippen molar-refractivity contribution in [3.8, 4) is 11.5 Å². The van der Waals surface area contributed by atoms with Crippen LogP contribution >= 0.6 is 0 Å². The van der Waals surface area contributed by atoms with E-state index < -0.39 is 0 Å². The first-order valence-electron chi connectivity index (χ1n) is 9.27. The second kappa shape index (κ2) is 9.21. The van der Waals surface area contributed by atoms with Crippen LogP contribution in [0.15, 0.2) is 42.6 Å². The second-order valence-corrected chi connectivity index (χ2v) is 6.72. The molecule has 0 radical (unpaired) electrons. The minimum absolute atomic E-state index is 0.0125. The molecule has 1 aromatic heterocycles. The Balaban J connectivity index is 1.51. The minimum atomic E-state index is -0.318. The quantitative estimate of drug-likeness (QED) is 0.752. The molecule has 3 rings (SSSR count). The summed E-state index contributed by atoms with van der Waals surface area (Å²) in [7, 11) is 3.19. The first-order valence-corrected chi connectivity index (χ1v) is 9.27. The van der Waals surface area contributed by atoms with Gasteiger partial charge in [0.2, 0.25) is 11.8 Å². The highest BCUT2D eigenvalue weighted by Gasteiger charge is 2.33. The number of hydrogen-bond donors (Lipinski definition) is 1. The van der Waals surface area contributed by atoms with Gasteiger partial charge >= 0.3 is 0 Å². The van der Waals surface area contributed by atoms with Crippen molar-refractivity contribution >= 4 is 11.8 Å². The zero-order valence-electron chi connectivity index (χ0n) is 16.2. The van der Waals surface area contributed by atoms with Crippen LogP contribution in [0.3, 0.4) is 0 Å². The van der Waals surface area contributed by atoms with E-state index in [0.29, 0.717) is 37.6 Å². The Bertz CT molecular complexity index is 826. The molecule has 2 heterocycles. The standard InChI is InChI=1S/C21H25N3O4/c1-27-18-7-6-15(11-19(18)28-2)8-10-24-14-16(12-20(24)25)21(26)23-13-17-5-3-4-9-22-17/h3-7,9,11,16H,8,10,12-14H2,1-2H3,(H,23,26). The number of benzene rings is 1. The third-order valence-electron chi connectivity index (χ3n) is 4.87. The topological polar surface area (TPSA) is 80.8 Å². The summed E-state index contributed by atoms with van der Waals surface area (Å²) in [4.78, 5) is 30.6. The van der Waals surface area contributed by atoms with Gasteiger partial charge in [0, 0.05) is 25.7 Å². The van der Waals surface area contributed by atoms with Crippen molar-refractivity contribution in [1.29, 1.82) is 0 Å². The Morgan fingerprint density at radius 3 is 2.75 bits per heavy atom. The molecule has 0 saturated carbocycles. The van der Waals surface area contributed by atoms with Crippen LogP contribution in [-0.4, -0.2) is 49.0 Å². The van der Waals surface area contributed by atoms with Crippen LogP contribution in [0.4, 0.5) is 0 Å². The first-order chi connectivity index (χ1) is 13.6. The number of likely N-dealkylation sites (tertiary alicyclic amines) is 1. The predicted octanol–water partition coefficient (Wildman–Crippen LogP) is 1.81. The van der Waals surface area contributed by atoms with E-state index in [9.17, 15) is 9.59 Å². The van der Waals surface area contributed by atoms with Crippen molar-refractivity contribution in [2.24, 2.45) is 5.92 Å². The van der Waals surface area contributed by atoms with Crippen LogP contribution in [0.2, 0.25) is 0 Å². The smallest absolute Gasteiger partial charge is 0.225 e. The highest BCUT2D eigenvalue weighted by Crippen LogP contribution is 2.28. The van der Waals surface area contributed by atoms with Crippen LogP contribution in [0, 0.1) is 5.92 Å². The van der Waals surface area contributed by atoms with E-state index in [0.717, 1.165) is 11.3 Å². The Morgan fingerprint density at radius 1 is 1.21 bits per heavy atom. The highest BCUT2D eigenvalue weighted by molar-refractivity contribution is 5.89. The molecule has 0 aliphatic carbocycles. The number of methoxy groups -OCH3 is 2. The summed E-state index contributed by atoms with van der Waals surface area (Å²) in [5.74, 6) is 0.931. The van der Waals surface area contributed by atoms with Gasteiger partial charge in [-0.3, -0.25) is 14.6 Å². The normalized spacial score (nSPS) is 16.1. The molecular formula is C21H25N3O4. The number of amides is 2. The average molecular weight is 383 g/mol. The Labute approximate surface area is 164 Å². The maximum atomic E-state index is 12.4. The summed E-state index contributed by atoms with van der Waals surface area (Å²) < 4.78 is 10.6. The third kappa shape index (κ3) is 4.79. The number of nitrogens with one attached hydrogen (secondary N) is 1. The van der Waals surface area contributed by atoms with Gasteiger partial charge in [-0.15, -0.1) is 0 Å². The van der Waals surface area contributed by atoms with E-state index in [-0.39, 0.29) is 24.2 Å². The van der Waals surface area contributed by atoms with Crippen molar-refractivity contribution in [2.45, 2.75) is 19.4 Å². The number of aromatic nitrogens is 1.